The van der Waals surface area contributed by atoms with Crippen molar-refractivity contribution >= 4 is 10.9 Å². The van der Waals surface area contributed by atoms with E-state index in [1.165, 1.54) is 22.2 Å². The van der Waals surface area contributed by atoms with E-state index in [2.05, 4.69) is 72.2 Å². The minimum atomic E-state index is 1.07. The van der Waals surface area contributed by atoms with Crippen LogP contribution in [0.25, 0.3) is 22.2 Å². The van der Waals surface area contributed by atoms with E-state index in [1.807, 2.05) is 0 Å². The quantitative estimate of drug-likeness (QED) is 0.619. The van der Waals surface area contributed by atoms with Crippen molar-refractivity contribution in [1.29, 1.82) is 0 Å². The molecule has 0 atom stereocenters. The summed E-state index contributed by atoms with van der Waals surface area (Å²) in [5.41, 5.74) is 3.94. The topological polar surface area (TPSA) is 4.93 Å². The van der Waals surface area contributed by atoms with E-state index in [4.69, 9.17) is 0 Å². The Labute approximate surface area is 108 Å². The molecule has 0 spiro atoms. The summed E-state index contributed by atoms with van der Waals surface area (Å²) in [6.07, 6.45) is 1.15. The Hall–Kier alpha value is -2.02. The summed E-state index contributed by atoms with van der Waals surface area (Å²) in [6.45, 7) is 3.29. The predicted molar refractivity (Wildman–Crippen MR) is 77.7 cm³/mol. The van der Waals surface area contributed by atoms with Crippen molar-refractivity contribution in [3.05, 3.63) is 60.7 Å². The van der Waals surface area contributed by atoms with Crippen LogP contribution in [0.4, 0.5) is 0 Å². The summed E-state index contributed by atoms with van der Waals surface area (Å²) in [6, 6.07) is 21.5. The highest BCUT2D eigenvalue weighted by atomic mass is 15.0. The number of rotatable bonds is 3. The van der Waals surface area contributed by atoms with Gasteiger partial charge < -0.3 is 4.57 Å². The first-order valence-electron chi connectivity index (χ1n) is 6.54. The molecule has 0 bridgehead atoms. The Kier molecular flexibility index (Phi) is 2.89. The van der Waals surface area contributed by atoms with Crippen LogP contribution in [0.15, 0.2) is 60.7 Å². The van der Waals surface area contributed by atoms with E-state index in [-0.39, 0.29) is 0 Å². The molecule has 3 aromatic rings. The lowest BCUT2D eigenvalue weighted by atomic mass is 10.1. The van der Waals surface area contributed by atoms with E-state index in [0.29, 0.717) is 0 Å². The fourth-order valence-corrected chi connectivity index (χ4v) is 2.52. The number of nitrogens with zero attached hydrogens (tertiary/aromatic N) is 1. The molecule has 2 aromatic carbocycles. The maximum Gasteiger partial charge on any atom is 0.0491 e. The van der Waals surface area contributed by atoms with Gasteiger partial charge in [-0.25, -0.2) is 0 Å². The fraction of sp³-hybridized carbons (Fsp3) is 0.176. The smallest absolute Gasteiger partial charge is 0.0491 e. The normalized spacial score (nSPS) is 10.9. The molecule has 0 saturated heterocycles. The molecule has 0 aliphatic carbocycles. The molecule has 1 heteroatoms. The fourth-order valence-electron chi connectivity index (χ4n) is 2.52. The van der Waals surface area contributed by atoms with Crippen LogP contribution in [0, 0.1) is 0 Å². The molecule has 18 heavy (non-hydrogen) atoms. The molecule has 1 nitrogen and oxygen atoms in total. The van der Waals surface area contributed by atoms with Gasteiger partial charge in [-0.15, -0.1) is 0 Å². The molecule has 0 aliphatic heterocycles. The van der Waals surface area contributed by atoms with E-state index in [9.17, 15) is 0 Å². The molecule has 0 N–H and O–H groups in total. The second-order valence-corrected chi connectivity index (χ2v) is 4.61. The van der Waals surface area contributed by atoms with Crippen LogP contribution < -0.4 is 0 Å². The summed E-state index contributed by atoms with van der Waals surface area (Å²) in [4.78, 5) is 0. The van der Waals surface area contributed by atoms with Gasteiger partial charge in [0.2, 0.25) is 0 Å². The van der Waals surface area contributed by atoms with Gasteiger partial charge in [-0.3, -0.25) is 0 Å². The first-order chi connectivity index (χ1) is 8.90. The molecule has 1 aromatic heterocycles. The van der Waals surface area contributed by atoms with Gasteiger partial charge in [0.25, 0.3) is 0 Å². The molecule has 1 heterocycles. The zero-order valence-corrected chi connectivity index (χ0v) is 10.6. The third kappa shape index (κ3) is 1.82. The Morgan fingerprint density at radius 1 is 0.889 bits per heavy atom. The third-order valence-electron chi connectivity index (χ3n) is 3.33. The molecule has 0 radical (unpaired) electrons. The predicted octanol–water partition coefficient (Wildman–Crippen LogP) is 4.72. The summed E-state index contributed by atoms with van der Waals surface area (Å²) in [7, 11) is 0. The van der Waals surface area contributed by atoms with Gasteiger partial charge in [0.05, 0.1) is 0 Å². The van der Waals surface area contributed by atoms with Gasteiger partial charge in [-0.05, 0) is 24.1 Å². The average molecular weight is 235 g/mol. The monoisotopic (exact) mass is 235 g/mol. The number of benzene rings is 2. The molecule has 0 aliphatic rings. The highest BCUT2D eigenvalue weighted by molar-refractivity contribution is 5.87. The molecular formula is C17H17N. The maximum atomic E-state index is 2.42. The zero-order chi connectivity index (χ0) is 12.4. The van der Waals surface area contributed by atoms with Gasteiger partial charge in [-0.2, -0.15) is 0 Å². The van der Waals surface area contributed by atoms with Crippen LogP contribution in [0.1, 0.15) is 13.3 Å². The summed E-state index contributed by atoms with van der Waals surface area (Å²) in [5.74, 6) is 0. The van der Waals surface area contributed by atoms with Crippen molar-refractivity contribution in [1.82, 2.24) is 4.57 Å². The Morgan fingerprint density at radius 2 is 1.61 bits per heavy atom. The lowest BCUT2D eigenvalue weighted by Crippen LogP contribution is -1.98. The van der Waals surface area contributed by atoms with Crippen molar-refractivity contribution in [2.24, 2.45) is 0 Å². The van der Waals surface area contributed by atoms with Crippen LogP contribution in [0.5, 0.6) is 0 Å². The number of fused-ring (bicyclic) bond motifs is 1. The molecule has 0 fully saturated rings. The third-order valence-corrected chi connectivity index (χ3v) is 3.33. The number of aryl methyl sites for hydroxylation is 1. The zero-order valence-electron chi connectivity index (χ0n) is 10.6. The second-order valence-electron chi connectivity index (χ2n) is 4.61. The van der Waals surface area contributed by atoms with E-state index < -0.39 is 0 Å². The highest BCUT2D eigenvalue weighted by Crippen LogP contribution is 2.28. The van der Waals surface area contributed by atoms with Crippen molar-refractivity contribution in [3.8, 4) is 11.3 Å². The lowest BCUT2D eigenvalue weighted by Gasteiger charge is -2.09. The number of hydrogen-bond donors (Lipinski definition) is 0. The van der Waals surface area contributed by atoms with Gasteiger partial charge >= 0.3 is 0 Å². The van der Waals surface area contributed by atoms with Gasteiger partial charge in [-0.1, -0.05) is 55.5 Å². The van der Waals surface area contributed by atoms with E-state index in [0.717, 1.165) is 13.0 Å². The number of aromatic nitrogens is 1. The molecule has 0 unspecified atom stereocenters. The van der Waals surface area contributed by atoms with Crippen molar-refractivity contribution in [2.45, 2.75) is 19.9 Å². The van der Waals surface area contributed by atoms with Crippen LogP contribution in [-0.4, -0.2) is 4.57 Å². The second kappa shape index (κ2) is 4.69. The van der Waals surface area contributed by atoms with Gasteiger partial charge in [0.15, 0.2) is 0 Å². The Morgan fingerprint density at radius 3 is 2.39 bits per heavy atom. The van der Waals surface area contributed by atoms with Crippen molar-refractivity contribution < 1.29 is 0 Å². The van der Waals surface area contributed by atoms with E-state index >= 15 is 0 Å². The minimum absolute atomic E-state index is 1.07. The number of para-hydroxylation sites is 1. The van der Waals surface area contributed by atoms with Crippen LogP contribution in [0.2, 0.25) is 0 Å². The largest absolute Gasteiger partial charge is 0.341 e. The van der Waals surface area contributed by atoms with Crippen LogP contribution in [0.3, 0.4) is 0 Å². The molecule has 90 valence electrons. The van der Waals surface area contributed by atoms with Crippen LogP contribution >= 0.6 is 0 Å². The lowest BCUT2D eigenvalue weighted by molar-refractivity contribution is 0.709. The Bertz CT molecular complexity index is 650. The summed E-state index contributed by atoms with van der Waals surface area (Å²) >= 11 is 0. The molecule has 0 saturated carbocycles. The van der Waals surface area contributed by atoms with Crippen molar-refractivity contribution in [3.63, 3.8) is 0 Å². The van der Waals surface area contributed by atoms with E-state index in [1.54, 1.807) is 0 Å². The van der Waals surface area contributed by atoms with Gasteiger partial charge in [0.1, 0.15) is 0 Å². The van der Waals surface area contributed by atoms with Crippen molar-refractivity contribution in [2.75, 3.05) is 0 Å². The minimum Gasteiger partial charge on any atom is -0.341 e. The SMILES string of the molecule is CCCn1c(-c2ccccc2)cc2ccccc21. The molecule has 0 amide bonds. The maximum absolute atomic E-state index is 2.42. The number of hydrogen-bond acceptors (Lipinski definition) is 0. The molecular weight excluding hydrogens is 218 g/mol. The molecule has 3 rings (SSSR count). The standard InChI is InChI=1S/C17H17N/c1-2-12-18-16-11-7-6-10-15(16)13-17(18)14-8-4-3-5-9-14/h3-11,13H,2,12H2,1H3. The first kappa shape index (κ1) is 11.1. The highest BCUT2D eigenvalue weighted by Gasteiger charge is 2.08. The van der Waals surface area contributed by atoms with Gasteiger partial charge in [0, 0.05) is 23.1 Å². The summed E-state index contributed by atoms with van der Waals surface area (Å²) < 4.78 is 2.42. The average Bonchev–Trinajstić information content (AvgIpc) is 2.80. The first-order valence-corrected chi connectivity index (χ1v) is 6.54. The summed E-state index contributed by atoms with van der Waals surface area (Å²) in [5, 5.41) is 1.32. The Balaban J connectivity index is 2.25. The van der Waals surface area contributed by atoms with Crippen LogP contribution in [-0.2, 0) is 6.54 Å².